The predicted molar refractivity (Wildman–Crippen MR) is 94.7 cm³/mol. The Bertz CT molecular complexity index is 915. The molecule has 0 aliphatic carbocycles. The number of rotatable bonds is 4. The van der Waals surface area contributed by atoms with Crippen molar-refractivity contribution in [3.05, 3.63) is 58.1 Å². The van der Waals surface area contributed by atoms with Gasteiger partial charge in [0.25, 0.3) is 10.0 Å². The summed E-state index contributed by atoms with van der Waals surface area (Å²) in [6, 6.07) is 10.5. The maximum atomic E-state index is 12.1. The highest BCUT2D eigenvalue weighted by Gasteiger charge is 2.21. The van der Waals surface area contributed by atoms with Crippen LogP contribution >= 0.6 is 23.2 Å². The van der Waals surface area contributed by atoms with Gasteiger partial charge in [0.2, 0.25) is 0 Å². The van der Waals surface area contributed by atoms with Crippen molar-refractivity contribution in [1.29, 1.82) is 0 Å². The van der Waals surface area contributed by atoms with Gasteiger partial charge in [-0.05, 0) is 37.3 Å². The van der Waals surface area contributed by atoms with Crippen molar-refractivity contribution in [3.8, 4) is 0 Å². The number of anilines is 1. The largest absolute Gasteiger partial charge is 0.324 e. The zero-order chi connectivity index (χ0) is 18.6. The van der Waals surface area contributed by atoms with E-state index in [-0.39, 0.29) is 14.9 Å². The lowest BCUT2D eigenvalue weighted by molar-refractivity contribution is -0.136. The zero-order valence-corrected chi connectivity index (χ0v) is 15.2. The zero-order valence-electron chi connectivity index (χ0n) is 12.8. The van der Waals surface area contributed by atoms with Gasteiger partial charge in [0, 0.05) is 10.7 Å². The van der Waals surface area contributed by atoms with E-state index in [0.29, 0.717) is 5.69 Å². The smallest absolute Gasteiger partial charge is 0.318 e. The average Bonchev–Trinajstić information content (AvgIpc) is 2.56. The van der Waals surface area contributed by atoms with E-state index >= 15 is 0 Å². The van der Waals surface area contributed by atoms with Crippen molar-refractivity contribution < 1.29 is 18.0 Å². The molecule has 0 spiro atoms. The van der Waals surface area contributed by atoms with Crippen LogP contribution in [0.4, 0.5) is 5.69 Å². The summed E-state index contributed by atoms with van der Waals surface area (Å²) in [5.74, 6) is -2.23. The number of amides is 2. The Balaban J connectivity index is 2.01. The number of hydrazine groups is 1. The molecule has 0 bridgehead atoms. The minimum atomic E-state index is -4.20. The molecule has 10 heteroatoms. The first-order chi connectivity index (χ1) is 11.7. The molecular weight excluding hydrogens is 389 g/mol. The van der Waals surface area contributed by atoms with Crippen LogP contribution in [0, 0.1) is 6.92 Å². The molecular formula is C15H13Cl2N3O4S. The van der Waals surface area contributed by atoms with E-state index in [2.05, 4.69) is 5.32 Å². The third kappa shape index (κ3) is 5.17. The molecule has 0 atom stereocenters. The fourth-order valence-electron chi connectivity index (χ4n) is 1.73. The van der Waals surface area contributed by atoms with Crippen molar-refractivity contribution in [1.82, 2.24) is 10.3 Å². The van der Waals surface area contributed by atoms with Crippen molar-refractivity contribution >= 4 is 50.7 Å². The summed E-state index contributed by atoms with van der Waals surface area (Å²) in [4.78, 5) is 25.0. The second kappa shape index (κ2) is 7.83. The van der Waals surface area contributed by atoms with Crippen LogP contribution in [-0.4, -0.2) is 20.2 Å². The summed E-state index contributed by atoms with van der Waals surface area (Å²) in [5.41, 5.74) is 3.18. The van der Waals surface area contributed by atoms with E-state index < -0.39 is 21.8 Å². The quantitative estimate of drug-likeness (QED) is 0.539. The first-order valence-corrected chi connectivity index (χ1v) is 9.08. The van der Waals surface area contributed by atoms with Gasteiger partial charge in [0.15, 0.2) is 0 Å². The summed E-state index contributed by atoms with van der Waals surface area (Å²) in [6.07, 6.45) is 0. The fraction of sp³-hybridized carbons (Fsp3) is 0.0667. The van der Waals surface area contributed by atoms with E-state index in [9.17, 15) is 18.0 Å². The summed E-state index contributed by atoms with van der Waals surface area (Å²) < 4.78 is 24.3. The van der Waals surface area contributed by atoms with Gasteiger partial charge in [0.05, 0.1) is 5.02 Å². The first-order valence-electron chi connectivity index (χ1n) is 6.84. The van der Waals surface area contributed by atoms with Gasteiger partial charge >= 0.3 is 11.8 Å². The second-order valence-corrected chi connectivity index (χ2v) is 7.45. The van der Waals surface area contributed by atoms with E-state index in [0.717, 1.165) is 11.6 Å². The molecule has 2 aromatic carbocycles. The Hall–Kier alpha value is -2.13. The predicted octanol–water partition coefficient (Wildman–Crippen LogP) is 2.25. The van der Waals surface area contributed by atoms with Crippen LogP contribution in [0.15, 0.2) is 47.4 Å². The molecule has 0 aliphatic heterocycles. The van der Waals surface area contributed by atoms with Gasteiger partial charge < -0.3 is 5.32 Å². The summed E-state index contributed by atoms with van der Waals surface area (Å²) >= 11 is 11.5. The lowest BCUT2D eigenvalue weighted by Crippen LogP contribution is -2.46. The number of hydrogen-bond acceptors (Lipinski definition) is 4. The molecule has 2 amide bonds. The van der Waals surface area contributed by atoms with Crippen LogP contribution in [0.2, 0.25) is 10.0 Å². The van der Waals surface area contributed by atoms with Crippen molar-refractivity contribution in [2.24, 2.45) is 0 Å². The number of hydrogen-bond donors (Lipinski definition) is 3. The number of nitrogens with one attached hydrogen (secondary N) is 3. The van der Waals surface area contributed by atoms with Gasteiger partial charge in [-0.15, -0.1) is 4.83 Å². The molecule has 0 saturated carbocycles. The van der Waals surface area contributed by atoms with Crippen molar-refractivity contribution in [3.63, 3.8) is 0 Å². The molecule has 2 rings (SSSR count). The second-order valence-electron chi connectivity index (χ2n) is 4.95. The summed E-state index contributed by atoms with van der Waals surface area (Å²) in [7, 11) is -4.20. The molecule has 2 aromatic rings. The highest BCUT2D eigenvalue weighted by molar-refractivity contribution is 7.89. The molecule has 25 heavy (non-hydrogen) atoms. The van der Waals surface area contributed by atoms with Crippen LogP contribution in [0.5, 0.6) is 0 Å². The molecule has 7 nitrogen and oxygen atoms in total. The molecule has 0 radical (unpaired) electrons. The van der Waals surface area contributed by atoms with Crippen LogP contribution in [-0.2, 0) is 19.6 Å². The van der Waals surface area contributed by atoms with Gasteiger partial charge in [-0.25, -0.2) is 8.42 Å². The van der Waals surface area contributed by atoms with Gasteiger partial charge in [-0.1, -0.05) is 40.9 Å². The van der Waals surface area contributed by atoms with E-state index in [1.807, 2.05) is 12.3 Å². The Labute approximate surface area is 154 Å². The highest BCUT2D eigenvalue weighted by atomic mass is 35.5. The lowest BCUT2D eigenvalue weighted by atomic mass is 10.2. The van der Waals surface area contributed by atoms with Crippen LogP contribution in [0.25, 0.3) is 0 Å². The Kier molecular flexibility index (Phi) is 6.02. The molecule has 0 unspecified atom stereocenters. The molecule has 0 fully saturated rings. The Morgan fingerprint density at radius 3 is 2.24 bits per heavy atom. The number of benzene rings is 2. The van der Waals surface area contributed by atoms with Gasteiger partial charge in [0.1, 0.15) is 4.90 Å². The molecule has 132 valence electrons. The van der Waals surface area contributed by atoms with E-state index in [4.69, 9.17) is 23.2 Å². The number of halogens is 2. The van der Waals surface area contributed by atoms with Crippen molar-refractivity contribution in [2.75, 3.05) is 5.32 Å². The number of carbonyl (C=O) groups excluding carboxylic acids is 2. The molecule has 0 heterocycles. The minimum absolute atomic E-state index is 0.0877. The van der Waals surface area contributed by atoms with E-state index in [1.54, 1.807) is 29.1 Å². The monoisotopic (exact) mass is 401 g/mol. The van der Waals surface area contributed by atoms with Crippen molar-refractivity contribution in [2.45, 2.75) is 11.8 Å². The van der Waals surface area contributed by atoms with Crippen LogP contribution < -0.4 is 15.6 Å². The highest BCUT2D eigenvalue weighted by Crippen LogP contribution is 2.24. The number of aryl methyl sites for hydroxylation is 1. The van der Waals surface area contributed by atoms with Crippen LogP contribution in [0.1, 0.15) is 5.56 Å². The Morgan fingerprint density at radius 1 is 0.960 bits per heavy atom. The lowest BCUT2D eigenvalue weighted by Gasteiger charge is -2.10. The third-order valence-corrected chi connectivity index (χ3v) is 4.96. The molecule has 3 N–H and O–H groups in total. The summed E-state index contributed by atoms with van der Waals surface area (Å²) in [5, 5.41) is 2.39. The van der Waals surface area contributed by atoms with E-state index in [1.165, 1.54) is 12.1 Å². The Morgan fingerprint density at radius 2 is 1.60 bits per heavy atom. The van der Waals surface area contributed by atoms with Gasteiger partial charge in [-0.3, -0.25) is 15.0 Å². The van der Waals surface area contributed by atoms with Crippen LogP contribution in [0.3, 0.4) is 0 Å². The normalized spacial score (nSPS) is 11.0. The average molecular weight is 402 g/mol. The minimum Gasteiger partial charge on any atom is -0.318 e. The fourth-order valence-corrected chi connectivity index (χ4v) is 3.34. The molecule has 0 aliphatic rings. The number of sulfonamides is 1. The maximum absolute atomic E-state index is 12.1. The van der Waals surface area contributed by atoms with Gasteiger partial charge in [-0.2, -0.15) is 0 Å². The summed E-state index contributed by atoms with van der Waals surface area (Å²) in [6.45, 7) is 1.87. The molecule has 0 saturated heterocycles. The SMILES string of the molecule is Cc1ccc(NC(=O)C(=O)NNS(=O)(=O)c2cc(Cl)ccc2Cl)cc1. The first kappa shape index (κ1) is 19.2. The maximum Gasteiger partial charge on any atom is 0.324 e. The topological polar surface area (TPSA) is 104 Å². The number of carbonyl (C=O) groups is 2. The third-order valence-electron chi connectivity index (χ3n) is 3.00. The molecule has 0 aromatic heterocycles. The standard InChI is InChI=1S/C15H13Cl2N3O4S/c1-9-2-5-11(6-3-9)18-14(21)15(22)19-20-25(23,24)13-8-10(16)4-7-12(13)17/h2-8,20H,1H3,(H,18,21)(H,19,22).